The second-order valence-corrected chi connectivity index (χ2v) is 11.9. The maximum Gasteiger partial charge on any atom is 0.251 e. The lowest BCUT2D eigenvalue weighted by Gasteiger charge is -2.42. The molecule has 41 heavy (non-hydrogen) atoms. The Morgan fingerprint density at radius 1 is 1.00 bits per heavy atom. The first-order valence-electron chi connectivity index (χ1n) is 14.9. The first-order valence-corrected chi connectivity index (χ1v) is 15.3. The minimum atomic E-state index is -0.137. The quantitative estimate of drug-likeness (QED) is 0.309. The monoisotopic (exact) mass is 572 g/mol. The number of nitrogens with one attached hydrogen (secondary N) is 1. The Morgan fingerprint density at radius 2 is 1.73 bits per heavy atom. The summed E-state index contributed by atoms with van der Waals surface area (Å²) in [4.78, 5) is 31.6. The standard InChI is InChI=1S/C34H41ClN4O2/c1-24(27-5-4-6-28(22-27)31-7-2-3-8-32(31)34(41)37-18-17-36)39(33(40)21-25-11-13-29(35)14-12-25)30-15-19-38(20-16-30)23-26-9-10-26/h2-8,11-14,22,24,26,30H,9-10,15-21,23,36H2,1H3,(H,37,41). The highest BCUT2D eigenvalue weighted by Crippen LogP contribution is 2.34. The predicted molar refractivity (Wildman–Crippen MR) is 166 cm³/mol. The van der Waals surface area contributed by atoms with Gasteiger partial charge in [0.15, 0.2) is 0 Å². The summed E-state index contributed by atoms with van der Waals surface area (Å²) in [6.07, 6.45) is 5.02. The van der Waals surface area contributed by atoms with Gasteiger partial charge in [-0.3, -0.25) is 9.59 Å². The predicted octanol–water partition coefficient (Wildman–Crippen LogP) is 5.70. The summed E-state index contributed by atoms with van der Waals surface area (Å²) >= 11 is 6.11. The van der Waals surface area contributed by atoms with E-state index in [0.29, 0.717) is 30.1 Å². The Labute approximate surface area is 248 Å². The van der Waals surface area contributed by atoms with Crippen molar-refractivity contribution < 1.29 is 9.59 Å². The van der Waals surface area contributed by atoms with Crippen LogP contribution in [-0.2, 0) is 11.2 Å². The van der Waals surface area contributed by atoms with Crippen LogP contribution in [0.25, 0.3) is 11.1 Å². The Kier molecular flexibility index (Phi) is 9.76. The van der Waals surface area contributed by atoms with Gasteiger partial charge in [0.25, 0.3) is 5.91 Å². The molecule has 0 bridgehead atoms. The molecule has 3 N–H and O–H groups in total. The van der Waals surface area contributed by atoms with E-state index in [2.05, 4.69) is 34.2 Å². The number of carbonyl (C=O) groups is 2. The number of rotatable bonds is 11. The maximum absolute atomic E-state index is 14.0. The number of piperidine rings is 1. The summed E-state index contributed by atoms with van der Waals surface area (Å²) in [6, 6.07) is 23.5. The fourth-order valence-electron chi connectivity index (χ4n) is 5.99. The Morgan fingerprint density at radius 3 is 2.44 bits per heavy atom. The largest absolute Gasteiger partial charge is 0.351 e. The van der Waals surface area contributed by atoms with Crippen LogP contribution in [0.1, 0.15) is 60.1 Å². The minimum Gasteiger partial charge on any atom is -0.351 e. The first kappa shape index (κ1) is 29.3. The summed E-state index contributed by atoms with van der Waals surface area (Å²) in [7, 11) is 0. The number of hydrogen-bond donors (Lipinski definition) is 2. The molecule has 0 spiro atoms. The van der Waals surface area contributed by atoms with E-state index in [4.69, 9.17) is 17.3 Å². The van der Waals surface area contributed by atoms with Crippen LogP contribution in [0.4, 0.5) is 0 Å². The molecule has 3 aromatic carbocycles. The molecule has 1 atom stereocenters. The highest BCUT2D eigenvalue weighted by atomic mass is 35.5. The number of likely N-dealkylation sites (tertiary alicyclic amines) is 1. The molecule has 1 aliphatic carbocycles. The van der Waals surface area contributed by atoms with E-state index >= 15 is 0 Å². The van der Waals surface area contributed by atoms with Crippen molar-refractivity contribution in [3.8, 4) is 11.1 Å². The average Bonchev–Trinajstić information content (AvgIpc) is 3.82. The number of halogens is 1. The maximum atomic E-state index is 14.0. The van der Waals surface area contributed by atoms with Crippen LogP contribution in [0.2, 0.25) is 5.02 Å². The van der Waals surface area contributed by atoms with Crippen molar-refractivity contribution in [1.29, 1.82) is 0 Å². The molecule has 2 aliphatic rings. The van der Waals surface area contributed by atoms with E-state index < -0.39 is 0 Å². The molecule has 5 rings (SSSR count). The van der Waals surface area contributed by atoms with Gasteiger partial charge in [-0.2, -0.15) is 0 Å². The van der Waals surface area contributed by atoms with Crippen LogP contribution >= 0.6 is 11.6 Å². The van der Waals surface area contributed by atoms with Crippen LogP contribution in [0.3, 0.4) is 0 Å². The van der Waals surface area contributed by atoms with E-state index in [1.54, 1.807) is 0 Å². The third kappa shape index (κ3) is 7.56. The molecule has 0 radical (unpaired) electrons. The first-order chi connectivity index (χ1) is 19.9. The van der Waals surface area contributed by atoms with Crippen LogP contribution in [0.5, 0.6) is 0 Å². The van der Waals surface area contributed by atoms with Gasteiger partial charge in [0.1, 0.15) is 0 Å². The number of nitrogens with zero attached hydrogens (tertiary/aromatic N) is 2. The lowest BCUT2D eigenvalue weighted by Crippen LogP contribution is -2.49. The highest BCUT2D eigenvalue weighted by Gasteiger charge is 2.33. The molecule has 1 aliphatic heterocycles. The van der Waals surface area contributed by atoms with Crippen LogP contribution < -0.4 is 11.1 Å². The SMILES string of the molecule is CC(c1cccc(-c2ccccc2C(=O)NCCN)c1)N(C(=O)Cc1ccc(Cl)cc1)C1CCN(CC2CC2)CC1. The van der Waals surface area contributed by atoms with Crippen molar-refractivity contribution >= 4 is 23.4 Å². The van der Waals surface area contributed by atoms with Gasteiger partial charge in [-0.25, -0.2) is 0 Å². The molecule has 216 valence electrons. The van der Waals surface area contributed by atoms with Crippen molar-refractivity contribution in [3.63, 3.8) is 0 Å². The molecule has 3 aromatic rings. The zero-order chi connectivity index (χ0) is 28.8. The third-order valence-electron chi connectivity index (χ3n) is 8.42. The second-order valence-electron chi connectivity index (χ2n) is 11.5. The molecule has 6 nitrogen and oxygen atoms in total. The van der Waals surface area contributed by atoms with Crippen molar-refractivity contribution in [2.75, 3.05) is 32.7 Å². The molecule has 2 amide bonds. The average molecular weight is 573 g/mol. The van der Waals surface area contributed by atoms with Crippen molar-refractivity contribution in [3.05, 3.63) is 94.5 Å². The third-order valence-corrected chi connectivity index (χ3v) is 8.67. The molecular formula is C34H41ClN4O2. The van der Waals surface area contributed by atoms with Gasteiger partial charge in [0.2, 0.25) is 5.91 Å². The smallest absolute Gasteiger partial charge is 0.251 e. The molecule has 1 saturated carbocycles. The van der Waals surface area contributed by atoms with Crippen molar-refractivity contribution in [1.82, 2.24) is 15.1 Å². The van der Waals surface area contributed by atoms with E-state index in [9.17, 15) is 9.59 Å². The summed E-state index contributed by atoms with van der Waals surface area (Å²) < 4.78 is 0. The van der Waals surface area contributed by atoms with E-state index in [1.165, 1.54) is 19.4 Å². The highest BCUT2D eigenvalue weighted by molar-refractivity contribution is 6.30. The van der Waals surface area contributed by atoms with E-state index in [1.807, 2.05) is 60.7 Å². The Bertz CT molecular complexity index is 1330. The number of hydrogen-bond acceptors (Lipinski definition) is 4. The minimum absolute atomic E-state index is 0.118. The summed E-state index contributed by atoms with van der Waals surface area (Å²) in [6.45, 7) is 6.21. The molecule has 0 aromatic heterocycles. The van der Waals surface area contributed by atoms with Gasteiger partial charge in [-0.05, 0) is 85.0 Å². The fourth-order valence-corrected chi connectivity index (χ4v) is 6.12. The van der Waals surface area contributed by atoms with E-state index in [-0.39, 0.29) is 23.9 Å². The molecule has 2 fully saturated rings. The summed E-state index contributed by atoms with van der Waals surface area (Å²) in [5, 5.41) is 3.56. The normalized spacial score (nSPS) is 16.8. The lowest BCUT2D eigenvalue weighted by atomic mass is 9.93. The zero-order valence-electron chi connectivity index (χ0n) is 23.9. The number of benzene rings is 3. The zero-order valence-corrected chi connectivity index (χ0v) is 24.7. The van der Waals surface area contributed by atoms with E-state index in [0.717, 1.165) is 54.1 Å². The van der Waals surface area contributed by atoms with Gasteiger partial charge in [-0.15, -0.1) is 0 Å². The van der Waals surface area contributed by atoms with Crippen LogP contribution in [0, 0.1) is 5.92 Å². The molecule has 7 heteroatoms. The molecule has 1 heterocycles. The van der Waals surface area contributed by atoms with Crippen LogP contribution in [-0.4, -0.2) is 60.4 Å². The summed E-state index contributed by atoms with van der Waals surface area (Å²) in [5.74, 6) is 0.866. The Balaban J connectivity index is 1.40. The molecule has 1 saturated heterocycles. The number of carbonyl (C=O) groups excluding carboxylic acids is 2. The van der Waals surface area contributed by atoms with Gasteiger partial charge in [0, 0.05) is 49.4 Å². The Hall–Kier alpha value is -3.19. The molecule has 1 unspecified atom stereocenters. The van der Waals surface area contributed by atoms with Gasteiger partial charge >= 0.3 is 0 Å². The molecular weight excluding hydrogens is 532 g/mol. The summed E-state index contributed by atoms with van der Waals surface area (Å²) in [5.41, 5.74) is 10.1. The van der Waals surface area contributed by atoms with Gasteiger partial charge in [0.05, 0.1) is 12.5 Å². The van der Waals surface area contributed by atoms with Crippen LogP contribution in [0.15, 0.2) is 72.8 Å². The van der Waals surface area contributed by atoms with Gasteiger partial charge in [-0.1, -0.05) is 60.1 Å². The number of nitrogens with two attached hydrogens (primary N) is 1. The number of amides is 2. The topological polar surface area (TPSA) is 78.7 Å². The van der Waals surface area contributed by atoms with Gasteiger partial charge < -0.3 is 20.9 Å². The van der Waals surface area contributed by atoms with Crippen molar-refractivity contribution in [2.45, 2.75) is 51.1 Å². The lowest BCUT2D eigenvalue weighted by molar-refractivity contribution is -0.136. The van der Waals surface area contributed by atoms with Crippen molar-refractivity contribution in [2.24, 2.45) is 11.7 Å². The second kappa shape index (κ2) is 13.6. The fraction of sp³-hybridized carbons (Fsp3) is 0.412.